The van der Waals surface area contributed by atoms with E-state index in [1.54, 1.807) is 31.4 Å². The van der Waals surface area contributed by atoms with Gasteiger partial charge < -0.3 is 14.2 Å². The van der Waals surface area contributed by atoms with E-state index in [0.717, 1.165) is 16.5 Å². The van der Waals surface area contributed by atoms with Crippen LogP contribution in [-0.4, -0.2) is 25.2 Å². The predicted octanol–water partition coefficient (Wildman–Crippen LogP) is 4.25. The fraction of sp³-hybridized carbons (Fsp3) is 0.143. The second-order valence-corrected chi connectivity index (χ2v) is 5.61. The fourth-order valence-corrected chi connectivity index (χ4v) is 2.54. The average molecular weight is 349 g/mol. The summed E-state index contributed by atoms with van der Waals surface area (Å²) in [6, 6.07) is 14.9. The first kappa shape index (κ1) is 17.5. The van der Waals surface area contributed by atoms with Crippen LogP contribution in [0.5, 0.6) is 11.5 Å². The van der Waals surface area contributed by atoms with E-state index in [0.29, 0.717) is 23.6 Å². The Kier molecular flexibility index (Phi) is 5.17. The number of pyridine rings is 1. The second kappa shape index (κ2) is 7.70. The van der Waals surface area contributed by atoms with E-state index >= 15 is 0 Å². The first-order valence-corrected chi connectivity index (χ1v) is 8.06. The number of fused-ring (bicyclic) bond motifs is 1. The van der Waals surface area contributed by atoms with E-state index in [2.05, 4.69) is 11.6 Å². The van der Waals surface area contributed by atoms with Crippen molar-refractivity contribution in [2.24, 2.45) is 0 Å². The van der Waals surface area contributed by atoms with Gasteiger partial charge in [-0.3, -0.25) is 0 Å². The van der Waals surface area contributed by atoms with Gasteiger partial charge in [-0.1, -0.05) is 36.9 Å². The van der Waals surface area contributed by atoms with E-state index in [1.165, 1.54) is 7.11 Å². The molecule has 0 saturated carbocycles. The molecule has 1 heterocycles. The summed E-state index contributed by atoms with van der Waals surface area (Å²) in [5.41, 5.74) is 2.87. The molecule has 2 aromatic carbocycles. The molecule has 0 aliphatic rings. The summed E-state index contributed by atoms with van der Waals surface area (Å²) >= 11 is 0. The van der Waals surface area contributed by atoms with Gasteiger partial charge in [0.1, 0.15) is 18.1 Å². The molecule has 0 atom stereocenters. The molecule has 5 nitrogen and oxygen atoms in total. The van der Waals surface area contributed by atoms with Gasteiger partial charge in [0.15, 0.2) is 5.69 Å². The first-order chi connectivity index (χ1) is 12.6. The second-order valence-electron chi connectivity index (χ2n) is 5.61. The van der Waals surface area contributed by atoms with Gasteiger partial charge in [-0.05, 0) is 29.3 Å². The number of aromatic nitrogens is 1. The molecule has 0 radical (unpaired) electrons. The van der Waals surface area contributed by atoms with Crippen LogP contribution in [0.15, 0.2) is 55.1 Å². The smallest absolute Gasteiger partial charge is 0.356 e. The Morgan fingerprint density at radius 1 is 1.12 bits per heavy atom. The minimum atomic E-state index is -0.511. The first-order valence-electron chi connectivity index (χ1n) is 8.06. The van der Waals surface area contributed by atoms with Crippen molar-refractivity contribution >= 4 is 22.9 Å². The van der Waals surface area contributed by atoms with Crippen molar-refractivity contribution in [1.82, 2.24) is 4.98 Å². The van der Waals surface area contributed by atoms with Crippen molar-refractivity contribution in [3.63, 3.8) is 0 Å². The van der Waals surface area contributed by atoms with Crippen molar-refractivity contribution in [2.45, 2.75) is 6.61 Å². The van der Waals surface area contributed by atoms with Crippen LogP contribution >= 0.6 is 0 Å². The number of carbonyl (C=O) groups is 1. The molecular weight excluding hydrogens is 330 g/mol. The minimum absolute atomic E-state index is 0.196. The van der Waals surface area contributed by atoms with E-state index in [4.69, 9.17) is 14.2 Å². The molecule has 0 fully saturated rings. The molecule has 0 bridgehead atoms. The molecule has 0 saturated heterocycles. The largest absolute Gasteiger partial charge is 0.497 e. The molecular formula is C21H19NO4. The zero-order valence-electron chi connectivity index (χ0n) is 14.7. The number of hydrogen-bond donors (Lipinski definition) is 0. The molecule has 0 amide bonds. The Labute approximate surface area is 151 Å². The highest BCUT2D eigenvalue weighted by Gasteiger charge is 2.14. The molecule has 132 valence electrons. The zero-order chi connectivity index (χ0) is 18.5. The lowest BCUT2D eigenvalue weighted by molar-refractivity contribution is 0.0594. The van der Waals surface area contributed by atoms with Crippen LogP contribution in [-0.2, 0) is 11.3 Å². The van der Waals surface area contributed by atoms with Crippen molar-refractivity contribution in [3.05, 3.63) is 71.9 Å². The normalized spacial score (nSPS) is 10.4. The SMILES string of the molecule is C=Cc1ccc(COc2cc(C(=O)OC)nc3ccc(OC)cc23)cc1. The Morgan fingerprint density at radius 3 is 2.54 bits per heavy atom. The van der Waals surface area contributed by atoms with Crippen LogP contribution in [0.2, 0.25) is 0 Å². The van der Waals surface area contributed by atoms with Crippen LogP contribution in [0.25, 0.3) is 17.0 Å². The van der Waals surface area contributed by atoms with Crippen molar-refractivity contribution in [3.8, 4) is 11.5 Å². The van der Waals surface area contributed by atoms with Gasteiger partial charge in [-0.15, -0.1) is 0 Å². The van der Waals surface area contributed by atoms with Crippen LogP contribution in [0.4, 0.5) is 0 Å². The van der Waals surface area contributed by atoms with Gasteiger partial charge >= 0.3 is 5.97 Å². The quantitative estimate of drug-likeness (QED) is 0.623. The zero-order valence-corrected chi connectivity index (χ0v) is 14.7. The third-order valence-electron chi connectivity index (χ3n) is 3.98. The summed E-state index contributed by atoms with van der Waals surface area (Å²) < 4.78 is 16.0. The maximum Gasteiger partial charge on any atom is 0.356 e. The predicted molar refractivity (Wildman–Crippen MR) is 100 cm³/mol. The van der Waals surface area contributed by atoms with Crippen LogP contribution in [0.3, 0.4) is 0 Å². The molecule has 1 aromatic heterocycles. The lowest BCUT2D eigenvalue weighted by Crippen LogP contribution is -2.06. The molecule has 0 aliphatic carbocycles. The van der Waals surface area contributed by atoms with Gasteiger partial charge in [0.05, 0.1) is 19.7 Å². The third-order valence-corrected chi connectivity index (χ3v) is 3.98. The summed E-state index contributed by atoms with van der Waals surface area (Å²) in [5, 5.41) is 0.764. The lowest BCUT2D eigenvalue weighted by Gasteiger charge is -2.12. The molecule has 0 unspecified atom stereocenters. The Balaban J connectivity index is 1.97. The number of hydrogen-bond acceptors (Lipinski definition) is 5. The van der Waals surface area contributed by atoms with Gasteiger partial charge in [0.25, 0.3) is 0 Å². The highest BCUT2D eigenvalue weighted by molar-refractivity contribution is 5.94. The van der Waals surface area contributed by atoms with Crippen molar-refractivity contribution in [2.75, 3.05) is 14.2 Å². The number of benzene rings is 2. The fourth-order valence-electron chi connectivity index (χ4n) is 2.54. The molecule has 3 rings (SSSR count). The summed E-state index contributed by atoms with van der Waals surface area (Å²) in [7, 11) is 2.92. The van der Waals surface area contributed by atoms with Gasteiger partial charge in [-0.2, -0.15) is 0 Å². The van der Waals surface area contributed by atoms with E-state index in [9.17, 15) is 4.79 Å². The number of esters is 1. The molecule has 0 N–H and O–H groups in total. The molecule has 26 heavy (non-hydrogen) atoms. The van der Waals surface area contributed by atoms with E-state index in [1.807, 2.05) is 30.3 Å². The lowest BCUT2D eigenvalue weighted by atomic mass is 10.1. The maximum atomic E-state index is 11.9. The van der Waals surface area contributed by atoms with Crippen LogP contribution in [0.1, 0.15) is 21.6 Å². The summed E-state index contributed by atoms with van der Waals surface area (Å²) in [4.78, 5) is 16.2. The highest BCUT2D eigenvalue weighted by atomic mass is 16.5. The minimum Gasteiger partial charge on any atom is -0.497 e. The number of rotatable bonds is 6. The molecule has 0 aliphatic heterocycles. The van der Waals surface area contributed by atoms with Crippen LogP contribution in [0, 0.1) is 0 Å². The topological polar surface area (TPSA) is 57.7 Å². The van der Waals surface area contributed by atoms with Crippen molar-refractivity contribution < 1.29 is 19.0 Å². The standard InChI is InChI=1S/C21H19NO4/c1-4-14-5-7-15(8-6-14)13-26-20-12-19(21(23)25-3)22-18-10-9-16(24-2)11-17(18)20/h4-12H,1,13H2,2-3H3. The summed E-state index contributed by atoms with van der Waals surface area (Å²) in [5.74, 6) is 0.718. The maximum absolute atomic E-state index is 11.9. The molecule has 3 aromatic rings. The van der Waals surface area contributed by atoms with Gasteiger partial charge in [-0.25, -0.2) is 9.78 Å². The summed E-state index contributed by atoms with van der Waals surface area (Å²) in [6.45, 7) is 4.10. The Hall–Kier alpha value is -3.34. The Morgan fingerprint density at radius 2 is 1.88 bits per heavy atom. The van der Waals surface area contributed by atoms with Crippen LogP contribution < -0.4 is 9.47 Å². The van der Waals surface area contributed by atoms with E-state index < -0.39 is 5.97 Å². The number of ether oxygens (including phenoxy) is 3. The number of nitrogens with zero attached hydrogens (tertiary/aromatic N) is 1. The molecule has 0 spiro atoms. The highest BCUT2D eigenvalue weighted by Crippen LogP contribution is 2.30. The third kappa shape index (κ3) is 3.67. The van der Waals surface area contributed by atoms with Crippen molar-refractivity contribution in [1.29, 1.82) is 0 Å². The Bertz CT molecular complexity index is 948. The number of carbonyl (C=O) groups excluding carboxylic acids is 1. The summed E-state index contributed by atoms with van der Waals surface area (Å²) in [6.07, 6.45) is 1.79. The van der Waals surface area contributed by atoms with Gasteiger partial charge in [0, 0.05) is 11.5 Å². The number of methoxy groups -OCH3 is 2. The molecule has 5 heteroatoms. The van der Waals surface area contributed by atoms with Gasteiger partial charge in [0.2, 0.25) is 0 Å². The monoisotopic (exact) mass is 349 g/mol. The van der Waals surface area contributed by atoms with E-state index in [-0.39, 0.29) is 5.69 Å². The average Bonchev–Trinajstić information content (AvgIpc) is 2.71.